The van der Waals surface area contributed by atoms with E-state index < -0.39 is 33.9 Å². The van der Waals surface area contributed by atoms with Crippen molar-refractivity contribution in [2.75, 3.05) is 24.7 Å². The summed E-state index contributed by atoms with van der Waals surface area (Å²) in [5.74, 6) is -0.863. The Labute approximate surface area is 259 Å². The SMILES string of the molecule is CNC(=O)c1c(-c2ccc(C(F)F)nc2)oc2cc(N(C)S(C)(=O)=O)c(-c3ccc4ncn5c6cccc(F)c6cc5c4n3)cc12. The molecule has 0 aliphatic carbocycles. The van der Waals surface area contributed by atoms with E-state index in [1.165, 1.54) is 38.5 Å². The van der Waals surface area contributed by atoms with Crippen LogP contribution in [0.15, 0.2) is 77.6 Å². The molecule has 0 bridgehead atoms. The fraction of sp³-hybridized carbons (Fsp3) is 0.125. The van der Waals surface area contributed by atoms with Crippen LogP contribution in [0.3, 0.4) is 0 Å². The molecule has 232 valence electrons. The standard InChI is InChI=1S/C32H23F3N6O4S/c1-36-32(42)28-19-11-18(21-9-10-22-29(39-21)26-12-17-20(33)5-4-6-24(17)41(26)15-38-22)25(40(2)46(3,43)44)13-27(19)45-30(28)16-7-8-23(31(34)35)37-14-16/h4-15,31H,1-3H3,(H,36,42). The third-order valence-electron chi connectivity index (χ3n) is 7.90. The molecule has 0 spiro atoms. The molecule has 0 atom stereocenters. The Kier molecular flexibility index (Phi) is 6.70. The fourth-order valence-electron chi connectivity index (χ4n) is 5.53. The minimum absolute atomic E-state index is 0.0621. The van der Waals surface area contributed by atoms with E-state index in [2.05, 4.69) is 15.3 Å². The van der Waals surface area contributed by atoms with Gasteiger partial charge in [-0.1, -0.05) is 6.07 Å². The van der Waals surface area contributed by atoms with Gasteiger partial charge in [0.2, 0.25) is 10.0 Å². The van der Waals surface area contributed by atoms with Crippen LogP contribution in [0.25, 0.3) is 61.0 Å². The molecule has 0 fully saturated rings. The number of nitrogens with one attached hydrogen (secondary N) is 1. The Balaban J connectivity index is 1.52. The molecule has 10 nitrogen and oxygen atoms in total. The van der Waals surface area contributed by atoms with Gasteiger partial charge in [0.25, 0.3) is 12.3 Å². The number of sulfonamides is 1. The Morgan fingerprint density at radius 2 is 1.83 bits per heavy atom. The van der Waals surface area contributed by atoms with Crippen molar-refractivity contribution < 1.29 is 30.8 Å². The second-order valence-corrected chi connectivity index (χ2v) is 12.6. The number of amides is 1. The van der Waals surface area contributed by atoms with Crippen LogP contribution >= 0.6 is 0 Å². The summed E-state index contributed by atoms with van der Waals surface area (Å²) in [7, 11) is -0.990. The van der Waals surface area contributed by atoms with Crippen LogP contribution in [-0.2, 0) is 10.0 Å². The van der Waals surface area contributed by atoms with Crippen LogP contribution in [0.4, 0.5) is 18.9 Å². The maximum atomic E-state index is 14.7. The van der Waals surface area contributed by atoms with Crippen molar-refractivity contribution in [2.24, 2.45) is 0 Å². The monoisotopic (exact) mass is 644 g/mol. The van der Waals surface area contributed by atoms with E-state index in [-0.39, 0.29) is 28.2 Å². The highest BCUT2D eigenvalue weighted by Gasteiger charge is 2.27. The zero-order chi connectivity index (χ0) is 32.5. The first-order valence-electron chi connectivity index (χ1n) is 13.8. The van der Waals surface area contributed by atoms with Crippen LogP contribution in [0.1, 0.15) is 22.5 Å². The normalized spacial score (nSPS) is 12.2. The zero-order valence-electron chi connectivity index (χ0n) is 24.4. The molecule has 1 amide bonds. The van der Waals surface area contributed by atoms with Gasteiger partial charge < -0.3 is 9.73 Å². The average Bonchev–Trinajstić information content (AvgIpc) is 3.62. The third kappa shape index (κ3) is 4.60. The molecule has 0 aliphatic rings. The van der Waals surface area contributed by atoms with Crippen LogP contribution in [0.2, 0.25) is 0 Å². The lowest BCUT2D eigenvalue weighted by Gasteiger charge is -2.20. The summed E-state index contributed by atoms with van der Waals surface area (Å²) >= 11 is 0. The number of aromatic nitrogens is 4. The number of nitrogens with zero attached hydrogens (tertiary/aromatic N) is 5. The molecule has 46 heavy (non-hydrogen) atoms. The average molecular weight is 645 g/mol. The highest BCUT2D eigenvalue weighted by Crippen LogP contribution is 2.41. The summed E-state index contributed by atoms with van der Waals surface area (Å²) in [6, 6.07) is 15.4. The summed E-state index contributed by atoms with van der Waals surface area (Å²) < 4.78 is 75.5. The summed E-state index contributed by atoms with van der Waals surface area (Å²) in [5, 5.41) is 3.29. The number of benzene rings is 2. The predicted molar refractivity (Wildman–Crippen MR) is 168 cm³/mol. The number of halogens is 3. The first kappa shape index (κ1) is 29.2. The quantitative estimate of drug-likeness (QED) is 0.224. The molecule has 2 aromatic carbocycles. The van der Waals surface area contributed by atoms with Gasteiger partial charge in [-0.15, -0.1) is 0 Å². The number of carbonyl (C=O) groups is 1. The van der Waals surface area contributed by atoms with Gasteiger partial charge in [0, 0.05) is 48.3 Å². The van der Waals surface area contributed by atoms with Crippen LogP contribution in [0, 0.1) is 5.82 Å². The van der Waals surface area contributed by atoms with E-state index in [9.17, 15) is 26.4 Å². The van der Waals surface area contributed by atoms with E-state index in [1.807, 2.05) is 0 Å². The Morgan fingerprint density at radius 3 is 2.52 bits per heavy atom. The van der Waals surface area contributed by atoms with E-state index in [4.69, 9.17) is 9.40 Å². The molecule has 7 aromatic rings. The lowest BCUT2D eigenvalue weighted by atomic mass is 10.0. The van der Waals surface area contributed by atoms with Crippen molar-refractivity contribution in [1.82, 2.24) is 24.7 Å². The van der Waals surface area contributed by atoms with Gasteiger partial charge in [0.05, 0.1) is 39.8 Å². The number of carbonyl (C=O) groups excluding carboxylic acids is 1. The molecule has 14 heteroatoms. The highest BCUT2D eigenvalue weighted by atomic mass is 32.2. The number of alkyl halides is 2. The first-order chi connectivity index (χ1) is 22.0. The zero-order valence-corrected chi connectivity index (χ0v) is 25.2. The molecular formula is C32H23F3N6O4S. The molecular weight excluding hydrogens is 621 g/mol. The van der Waals surface area contributed by atoms with Crippen molar-refractivity contribution in [3.8, 4) is 22.6 Å². The van der Waals surface area contributed by atoms with Crippen molar-refractivity contribution in [3.05, 3.63) is 90.3 Å². The van der Waals surface area contributed by atoms with Crippen molar-refractivity contribution in [1.29, 1.82) is 0 Å². The lowest BCUT2D eigenvalue weighted by Crippen LogP contribution is -2.25. The Bertz CT molecular complexity index is 2480. The molecule has 0 saturated carbocycles. The van der Waals surface area contributed by atoms with Gasteiger partial charge in [-0.05, 0) is 48.5 Å². The topological polar surface area (TPSA) is 123 Å². The van der Waals surface area contributed by atoms with Crippen molar-refractivity contribution >= 4 is 60.0 Å². The van der Waals surface area contributed by atoms with Gasteiger partial charge in [0.1, 0.15) is 34.7 Å². The van der Waals surface area contributed by atoms with E-state index >= 15 is 0 Å². The molecule has 5 aromatic heterocycles. The number of pyridine rings is 2. The Hall–Kier alpha value is -5.50. The van der Waals surface area contributed by atoms with E-state index in [0.717, 1.165) is 16.6 Å². The summed E-state index contributed by atoms with van der Waals surface area (Å²) in [6.45, 7) is 0. The van der Waals surface area contributed by atoms with Crippen molar-refractivity contribution in [3.63, 3.8) is 0 Å². The second kappa shape index (κ2) is 10.5. The summed E-state index contributed by atoms with van der Waals surface area (Å²) in [4.78, 5) is 26.4. The molecule has 0 saturated heterocycles. The van der Waals surface area contributed by atoms with Crippen molar-refractivity contribution in [2.45, 2.75) is 6.43 Å². The molecule has 1 N–H and O–H groups in total. The van der Waals surface area contributed by atoms with Crippen LogP contribution < -0.4 is 9.62 Å². The number of anilines is 1. The second-order valence-electron chi connectivity index (χ2n) is 10.6. The number of rotatable bonds is 6. The van der Waals surface area contributed by atoms with Gasteiger partial charge >= 0.3 is 0 Å². The molecule has 0 aliphatic heterocycles. The molecule has 0 unspecified atom stereocenters. The number of hydrogen-bond donors (Lipinski definition) is 1. The minimum atomic E-state index is -3.80. The van der Waals surface area contributed by atoms with Crippen LogP contribution in [-0.4, -0.2) is 54.0 Å². The third-order valence-corrected chi connectivity index (χ3v) is 9.10. The van der Waals surface area contributed by atoms with Gasteiger partial charge in [-0.3, -0.25) is 18.5 Å². The fourth-order valence-corrected chi connectivity index (χ4v) is 6.04. The predicted octanol–water partition coefficient (Wildman–Crippen LogP) is 6.34. The summed E-state index contributed by atoms with van der Waals surface area (Å²) in [6.07, 6.45) is 1.03. The van der Waals surface area contributed by atoms with Gasteiger partial charge in [-0.25, -0.2) is 31.6 Å². The Morgan fingerprint density at radius 1 is 1.02 bits per heavy atom. The minimum Gasteiger partial charge on any atom is -0.455 e. The maximum Gasteiger partial charge on any atom is 0.280 e. The largest absolute Gasteiger partial charge is 0.455 e. The highest BCUT2D eigenvalue weighted by molar-refractivity contribution is 7.92. The van der Waals surface area contributed by atoms with Gasteiger partial charge in [-0.2, -0.15) is 0 Å². The molecule has 0 radical (unpaired) electrons. The first-order valence-corrected chi connectivity index (χ1v) is 15.7. The van der Waals surface area contributed by atoms with E-state index in [0.29, 0.717) is 44.1 Å². The number of fused-ring (bicyclic) bond motifs is 6. The van der Waals surface area contributed by atoms with Crippen LogP contribution in [0.5, 0.6) is 0 Å². The van der Waals surface area contributed by atoms with E-state index in [1.54, 1.807) is 47.1 Å². The van der Waals surface area contributed by atoms with Gasteiger partial charge in [0.15, 0.2) is 0 Å². The number of hydrogen-bond acceptors (Lipinski definition) is 7. The lowest BCUT2D eigenvalue weighted by molar-refractivity contribution is 0.0964. The molecule has 5 heterocycles. The smallest absolute Gasteiger partial charge is 0.280 e. The number of furan rings is 1. The molecule has 7 rings (SSSR count). The summed E-state index contributed by atoms with van der Waals surface area (Å²) in [5.41, 5.74) is 3.12. The maximum absolute atomic E-state index is 14.7.